The molecule has 0 aromatic rings. The minimum Gasteiger partial charge on any atom is -0.478 e. The minimum atomic E-state index is -1.26. The van der Waals surface area contributed by atoms with E-state index in [4.69, 9.17) is 15.9 Å². The Labute approximate surface area is 128 Å². The summed E-state index contributed by atoms with van der Waals surface area (Å²) < 4.78 is 0. The number of carbonyl (C=O) groups excluding carboxylic acids is 1. The maximum Gasteiger partial charge on any atom is 0.328 e. The number of Topliss-reactive ketones (excluding diaryl/α,β-unsaturated/α-hetero) is 1. The molecule has 0 aromatic heterocycles. The summed E-state index contributed by atoms with van der Waals surface area (Å²) in [5, 5.41) is 18.7. The van der Waals surface area contributed by atoms with Crippen LogP contribution in [0.3, 0.4) is 0 Å². The van der Waals surface area contributed by atoms with Crippen LogP contribution in [-0.4, -0.2) is 51.6 Å². The molecule has 1 rings (SSSR count). The molecule has 0 aliphatic carbocycles. The predicted molar refractivity (Wildman–Crippen MR) is 81.1 cm³/mol. The summed E-state index contributed by atoms with van der Waals surface area (Å²) in [6.45, 7) is 5.02. The van der Waals surface area contributed by atoms with Gasteiger partial charge in [-0.25, -0.2) is 9.59 Å². The van der Waals surface area contributed by atoms with E-state index in [9.17, 15) is 14.4 Å². The molecule has 0 spiro atoms. The van der Waals surface area contributed by atoms with E-state index >= 15 is 0 Å². The molecule has 5 N–H and O–H groups in total. The highest BCUT2D eigenvalue weighted by Crippen LogP contribution is 2.18. The standard InChI is InChI=1S/C9H18N2OS.C4H4O4/c1-3-6(2)7(10)8(12)9-11-4-5-13-9;5-3(6)1-2-4(7)8/h6-7,9,11H,3-5,10H2,1-2H3;1-2H,(H,5,6)(H,7,8)/b;2-1+. The molecule has 0 amide bonds. The second-order valence-electron chi connectivity index (χ2n) is 4.53. The molecule has 1 heterocycles. The molecule has 120 valence electrons. The third kappa shape index (κ3) is 8.49. The Balaban J connectivity index is 0.000000433. The number of nitrogens with two attached hydrogens (primary N) is 1. The van der Waals surface area contributed by atoms with Gasteiger partial charge in [0.1, 0.15) is 5.37 Å². The van der Waals surface area contributed by atoms with Gasteiger partial charge in [-0.2, -0.15) is 0 Å². The van der Waals surface area contributed by atoms with Gasteiger partial charge in [0.25, 0.3) is 0 Å². The number of ketones is 1. The van der Waals surface area contributed by atoms with E-state index in [2.05, 4.69) is 12.2 Å². The smallest absolute Gasteiger partial charge is 0.328 e. The van der Waals surface area contributed by atoms with Crippen molar-refractivity contribution in [2.45, 2.75) is 31.7 Å². The quantitative estimate of drug-likeness (QED) is 0.515. The molecular weight excluding hydrogens is 296 g/mol. The number of nitrogens with one attached hydrogen (secondary N) is 1. The van der Waals surface area contributed by atoms with Crippen LogP contribution in [0, 0.1) is 5.92 Å². The van der Waals surface area contributed by atoms with Crippen molar-refractivity contribution >= 4 is 29.5 Å². The SMILES string of the molecule is CCC(C)C(N)C(=O)C1NCCS1.O=C(O)/C=C/C(=O)O. The maximum absolute atomic E-state index is 11.7. The van der Waals surface area contributed by atoms with Crippen molar-refractivity contribution in [3.05, 3.63) is 12.2 Å². The lowest BCUT2D eigenvalue weighted by molar-refractivity contribution is -0.134. The summed E-state index contributed by atoms with van der Waals surface area (Å²) in [6.07, 6.45) is 2.08. The second-order valence-corrected chi connectivity index (χ2v) is 5.74. The van der Waals surface area contributed by atoms with Crippen molar-refractivity contribution < 1.29 is 24.6 Å². The van der Waals surface area contributed by atoms with E-state index in [1.54, 1.807) is 11.8 Å². The average Bonchev–Trinajstić information content (AvgIpc) is 2.97. The third-order valence-corrected chi connectivity index (χ3v) is 4.10. The van der Waals surface area contributed by atoms with E-state index in [0.717, 1.165) is 18.7 Å². The van der Waals surface area contributed by atoms with Crippen LogP contribution in [0.4, 0.5) is 0 Å². The molecule has 1 fully saturated rings. The van der Waals surface area contributed by atoms with Gasteiger partial charge in [0, 0.05) is 24.4 Å². The number of hydrogen-bond donors (Lipinski definition) is 4. The Morgan fingerprint density at radius 3 is 2.19 bits per heavy atom. The number of rotatable bonds is 6. The molecule has 0 saturated carbocycles. The summed E-state index contributed by atoms with van der Waals surface area (Å²) in [7, 11) is 0. The number of carbonyl (C=O) groups is 3. The van der Waals surface area contributed by atoms with Crippen LogP contribution in [0.5, 0.6) is 0 Å². The van der Waals surface area contributed by atoms with E-state index in [1.165, 1.54) is 0 Å². The van der Waals surface area contributed by atoms with Gasteiger partial charge >= 0.3 is 11.9 Å². The molecule has 1 aliphatic heterocycles. The van der Waals surface area contributed by atoms with Gasteiger partial charge in [0.2, 0.25) is 0 Å². The third-order valence-electron chi connectivity index (χ3n) is 2.93. The predicted octanol–water partition coefficient (Wildman–Crippen LogP) is 0.303. The van der Waals surface area contributed by atoms with Crippen molar-refractivity contribution in [2.75, 3.05) is 12.3 Å². The molecule has 3 unspecified atom stereocenters. The van der Waals surface area contributed by atoms with Crippen LogP contribution in [0.1, 0.15) is 20.3 Å². The first-order valence-corrected chi connectivity index (χ1v) is 7.62. The second kappa shape index (κ2) is 10.4. The van der Waals surface area contributed by atoms with E-state index in [-0.39, 0.29) is 23.1 Å². The highest BCUT2D eigenvalue weighted by molar-refractivity contribution is 8.00. The summed E-state index contributed by atoms with van der Waals surface area (Å²) in [5.74, 6) is -1.05. The zero-order chi connectivity index (χ0) is 16.4. The number of aliphatic carboxylic acids is 2. The van der Waals surface area contributed by atoms with Crippen molar-refractivity contribution in [3.8, 4) is 0 Å². The normalized spacial score (nSPS) is 20.4. The Kier molecular flexibility index (Phi) is 9.68. The lowest BCUT2D eigenvalue weighted by Crippen LogP contribution is -2.45. The van der Waals surface area contributed by atoms with Crippen LogP contribution in [-0.2, 0) is 14.4 Å². The first kappa shape index (κ1) is 19.6. The zero-order valence-electron chi connectivity index (χ0n) is 12.1. The van der Waals surface area contributed by atoms with E-state index < -0.39 is 11.9 Å². The summed E-state index contributed by atoms with van der Waals surface area (Å²) in [6, 6.07) is -0.298. The van der Waals surface area contributed by atoms with E-state index in [0.29, 0.717) is 12.2 Å². The summed E-state index contributed by atoms with van der Waals surface area (Å²) in [5.41, 5.74) is 5.85. The van der Waals surface area contributed by atoms with Gasteiger partial charge in [-0.1, -0.05) is 20.3 Å². The number of hydrogen-bond acceptors (Lipinski definition) is 6. The molecule has 0 bridgehead atoms. The number of carboxylic acid groups (broad SMARTS) is 2. The topological polar surface area (TPSA) is 130 Å². The Morgan fingerprint density at radius 2 is 1.86 bits per heavy atom. The van der Waals surface area contributed by atoms with Gasteiger partial charge in [-0.15, -0.1) is 11.8 Å². The Morgan fingerprint density at radius 1 is 1.33 bits per heavy atom. The van der Waals surface area contributed by atoms with Crippen molar-refractivity contribution in [1.82, 2.24) is 5.32 Å². The van der Waals surface area contributed by atoms with E-state index in [1.807, 2.05) is 6.92 Å². The number of carboxylic acids is 2. The molecule has 0 aromatic carbocycles. The monoisotopic (exact) mass is 318 g/mol. The lowest BCUT2D eigenvalue weighted by Gasteiger charge is -2.19. The van der Waals surface area contributed by atoms with Crippen molar-refractivity contribution in [1.29, 1.82) is 0 Å². The zero-order valence-corrected chi connectivity index (χ0v) is 12.9. The molecular formula is C13H22N2O5S. The van der Waals surface area contributed by atoms with Crippen molar-refractivity contribution in [2.24, 2.45) is 11.7 Å². The lowest BCUT2D eigenvalue weighted by atomic mass is 9.96. The fourth-order valence-corrected chi connectivity index (χ4v) is 2.49. The molecule has 3 atom stereocenters. The van der Waals surface area contributed by atoms with Gasteiger partial charge in [0.15, 0.2) is 5.78 Å². The Bertz CT molecular complexity index is 378. The van der Waals surface area contributed by atoms with Gasteiger partial charge in [-0.3, -0.25) is 10.1 Å². The molecule has 0 radical (unpaired) electrons. The first-order valence-electron chi connectivity index (χ1n) is 6.57. The molecule has 8 heteroatoms. The maximum atomic E-state index is 11.7. The summed E-state index contributed by atoms with van der Waals surface area (Å²) in [4.78, 5) is 30.8. The van der Waals surface area contributed by atoms with Gasteiger partial charge in [-0.05, 0) is 5.92 Å². The fourth-order valence-electron chi connectivity index (χ4n) is 1.46. The number of thioether (sulfide) groups is 1. The molecule has 1 saturated heterocycles. The first-order chi connectivity index (χ1) is 9.79. The highest BCUT2D eigenvalue weighted by Gasteiger charge is 2.29. The van der Waals surface area contributed by atoms with Gasteiger partial charge < -0.3 is 15.9 Å². The highest BCUT2D eigenvalue weighted by atomic mass is 32.2. The molecule has 7 nitrogen and oxygen atoms in total. The largest absolute Gasteiger partial charge is 0.478 e. The minimum absolute atomic E-state index is 0.0519. The molecule has 21 heavy (non-hydrogen) atoms. The average molecular weight is 318 g/mol. The fraction of sp³-hybridized carbons (Fsp3) is 0.615. The van der Waals surface area contributed by atoms with Gasteiger partial charge in [0.05, 0.1) is 6.04 Å². The Hall–Kier alpha value is -1.38. The van der Waals surface area contributed by atoms with Crippen LogP contribution in [0.15, 0.2) is 12.2 Å². The van der Waals surface area contributed by atoms with Crippen LogP contribution in [0.25, 0.3) is 0 Å². The molecule has 1 aliphatic rings. The summed E-state index contributed by atoms with van der Waals surface area (Å²) >= 11 is 1.67. The van der Waals surface area contributed by atoms with Crippen LogP contribution < -0.4 is 11.1 Å². The van der Waals surface area contributed by atoms with Crippen LogP contribution in [0.2, 0.25) is 0 Å². The van der Waals surface area contributed by atoms with Crippen molar-refractivity contribution in [3.63, 3.8) is 0 Å². The van der Waals surface area contributed by atoms with Crippen LogP contribution >= 0.6 is 11.8 Å².